The molecule has 1 fully saturated rings. The van der Waals surface area contributed by atoms with E-state index in [4.69, 9.17) is 16.6 Å². The fourth-order valence-electron chi connectivity index (χ4n) is 3.94. The lowest BCUT2D eigenvalue weighted by Crippen LogP contribution is -2.44. The Hall–Kier alpha value is -2.35. The molecule has 3 heterocycles. The minimum atomic E-state index is 0.666. The molecule has 8 heteroatoms. The van der Waals surface area contributed by atoms with Crippen LogP contribution in [0.4, 0.5) is 17.2 Å². The molecular weight excluding hydrogens is 464 g/mol. The molecule has 0 atom stereocenters. The lowest BCUT2D eigenvalue weighted by molar-refractivity contribution is 0.313. The van der Waals surface area contributed by atoms with Crippen LogP contribution in [0.5, 0.6) is 0 Å². The summed E-state index contributed by atoms with van der Waals surface area (Å²) in [5.41, 5.74) is 5.93. The first-order valence-corrected chi connectivity index (χ1v) is 11.1. The zero-order chi connectivity index (χ0) is 20.8. The zero-order valence-corrected chi connectivity index (χ0v) is 19.2. The number of rotatable bonds is 3. The topological polar surface area (TPSA) is 48.7 Å². The number of imidazole rings is 1. The van der Waals surface area contributed by atoms with Crippen LogP contribution in [0.1, 0.15) is 5.56 Å². The van der Waals surface area contributed by atoms with Crippen molar-refractivity contribution in [3.63, 3.8) is 0 Å². The van der Waals surface area contributed by atoms with Crippen LogP contribution in [0.25, 0.3) is 16.6 Å². The van der Waals surface area contributed by atoms with Crippen LogP contribution < -0.4 is 10.2 Å². The van der Waals surface area contributed by atoms with Gasteiger partial charge >= 0.3 is 0 Å². The second-order valence-electron chi connectivity index (χ2n) is 7.75. The Labute approximate surface area is 188 Å². The number of nitrogens with one attached hydrogen (secondary N) is 1. The largest absolute Gasteiger partial charge is 0.369 e. The van der Waals surface area contributed by atoms with Gasteiger partial charge in [-0.15, -0.1) is 0 Å². The van der Waals surface area contributed by atoms with Crippen LogP contribution in [0.15, 0.2) is 47.3 Å². The number of anilines is 3. The monoisotopic (exact) mass is 484 g/mol. The van der Waals surface area contributed by atoms with Crippen molar-refractivity contribution >= 4 is 61.3 Å². The highest BCUT2D eigenvalue weighted by Gasteiger charge is 2.18. The van der Waals surface area contributed by atoms with Gasteiger partial charge < -0.3 is 15.1 Å². The van der Waals surface area contributed by atoms with Crippen molar-refractivity contribution in [2.75, 3.05) is 43.4 Å². The summed E-state index contributed by atoms with van der Waals surface area (Å²) in [5.74, 6) is 0.726. The lowest BCUT2D eigenvalue weighted by atomic mass is 10.2. The van der Waals surface area contributed by atoms with Gasteiger partial charge in [-0.25, -0.2) is 9.97 Å². The van der Waals surface area contributed by atoms with Gasteiger partial charge in [-0.05, 0) is 53.7 Å². The van der Waals surface area contributed by atoms with Gasteiger partial charge in [0.2, 0.25) is 0 Å². The van der Waals surface area contributed by atoms with Crippen LogP contribution in [-0.4, -0.2) is 52.5 Å². The third-order valence-electron chi connectivity index (χ3n) is 5.73. The molecule has 2 aromatic carbocycles. The molecule has 0 spiro atoms. The van der Waals surface area contributed by atoms with E-state index in [-0.39, 0.29) is 0 Å². The van der Waals surface area contributed by atoms with E-state index in [2.05, 4.69) is 59.6 Å². The van der Waals surface area contributed by atoms with E-state index >= 15 is 0 Å². The summed E-state index contributed by atoms with van der Waals surface area (Å²) in [5, 5.41) is 4.10. The first-order valence-electron chi connectivity index (χ1n) is 9.92. The molecule has 0 bridgehead atoms. The highest BCUT2D eigenvalue weighted by Crippen LogP contribution is 2.35. The van der Waals surface area contributed by atoms with E-state index < -0.39 is 0 Å². The van der Waals surface area contributed by atoms with Gasteiger partial charge in [0.05, 0.1) is 28.8 Å². The maximum Gasteiger partial charge on any atom is 0.157 e. The van der Waals surface area contributed by atoms with Crippen LogP contribution in [0.2, 0.25) is 5.02 Å². The molecule has 1 saturated heterocycles. The highest BCUT2D eigenvalue weighted by molar-refractivity contribution is 9.10. The van der Waals surface area contributed by atoms with Gasteiger partial charge in [0, 0.05) is 36.3 Å². The number of piperazine rings is 1. The van der Waals surface area contributed by atoms with Crippen molar-refractivity contribution in [1.29, 1.82) is 0 Å². The van der Waals surface area contributed by atoms with E-state index in [1.54, 1.807) is 0 Å². The Morgan fingerprint density at radius 2 is 1.90 bits per heavy atom. The maximum atomic E-state index is 6.44. The Kier molecular flexibility index (Phi) is 5.05. The average Bonchev–Trinajstić information content (AvgIpc) is 3.22. The van der Waals surface area contributed by atoms with Gasteiger partial charge in [0.1, 0.15) is 11.0 Å². The summed E-state index contributed by atoms with van der Waals surface area (Å²) in [4.78, 5) is 14.1. The van der Waals surface area contributed by atoms with Gasteiger partial charge in [-0.3, -0.25) is 4.40 Å². The molecule has 4 aromatic rings. The number of hydrogen-bond donors (Lipinski definition) is 1. The summed E-state index contributed by atoms with van der Waals surface area (Å²) in [7, 11) is 2.17. The molecule has 5 rings (SSSR count). The van der Waals surface area contributed by atoms with E-state index in [1.807, 2.05) is 37.6 Å². The van der Waals surface area contributed by atoms with E-state index in [0.717, 1.165) is 64.3 Å². The molecule has 0 radical (unpaired) electrons. The second-order valence-corrected chi connectivity index (χ2v) is 9.01. The SMILES string of the molecule is Cc1cccc(Cl)c1Nc1nc2c(Br)cc(N3CCN(C)CC3)cc2n2cncc12. The predicted molar refractivity (Wildman–Crippen MR) is 127 cm³/mol. The molecule has 1 aliphatic rings. The first-order chi connectivity index (χ1) is 14.5. The number of aryl methyl sites for hydroxylation is 1. The summed E-state index contributed by atoms with van der Waals surface area (Å²) >= 11 is 10.2. The van der Waals surface area contributed by atoms with Crippen molar-refractivity contribution in [3.05, 3.63) is 57.9 Å². The smallest absolute Gasteiger partial charge is 0.157 e. The zero-order valence-electron chi connectivity index (χ0n) is 16.9. The number of hydrogen-bond acceptors (Lipinski definition) is 5. The van der Waals surface area contributed by atoms with Crippen LogP contribution in [0.3, 0.4) is 0 Å². The number of para-hydroxylation sites is 1. The minimum absolute atomic E-state index is 0.666. The fraction of sp³-hybridized carbons (Fsp3) is 0.273. The van der Waals surface area contributed by atoms with E-state index in [9.17, 15) is 0 Å². The number of halogens is 2. The normalized spacial score (nSPS) is 15.3. The summed E-state index contributed by atoms with van der Waals surface area (Å²) in [6, 6.07) is 10.2. The molecule has 1 N–H and O–H groups in total. The van der Waals surface area contributed by atoms with Gasteiger partial charge in [-0.2, -0.15) is 0 Å². The molecule has 0 aliphatic carbocycles. The number of nitrogens with zero attached hydrogens (tertiary/aromatic N) is 5. The second kappa shape index (κ2) is 7.72. The third kappa shape index (κ3) is 3.41. The van der Waals surface area contributed by atoms with Gasteiger partial charge in [0.25, 0.3) is 0 Å². The molecule has 154 valence electrons. The lowest BCUT2D eigenvalue weighted by Gasteiger charge is -2.34. The predicted octanol–water partition coefficient (Wildman–Crippen LogP) is 5.10. The van der Waals surface area contributed by atoms with Gasteiger partial charge in [-0.1, -0.05) is 23.7 Å². The molecule has 30 heavy (non-hydrogen) atoms. The molecule has 0 saturated carbocycles. The Morgan fingerprint density at radius 1 is 1.10 bits per heavy atom. The highest BCUT2D eigenvalue weighted by atomic mass is 79.9. The third-order valence-corrected chi connectivity index (χ3v) is 6.65. The van der Waals surface area contributed by atoms with Crippen molar-refractivity contribution in [3.8, 4) is 0 Å². The van der Waals surface area contributed by atoms with E-state index in [0.29, 0.717) is 5.02 Å². The van der Waals surface area contributed by atoms with Crippen LogP contribution in [0, 0.1) is 6.92 Å². The molecule has 2 aromatic heterocycles. The number of fused-ring (bicyclic) bond motifs is 3. The number of likely N-dealkylation sites (N-methyl/N-ethyl adjacent to an activating group) is 1. The summed E-state index contributed by atoms with van der Waals surface area (Å²) < 4.78 is 3.05. The molecule has 6 nitrogen and oxygen atoms in total. The number of benzene rings is 2. The Bertz CT molecular complexity index is 1230. The average molecular weight is 486 g/mol. The Morgan fingerprint density at radius 3 is 2.67 bits per heavy atom. The molecule has 0 unspecified atom stereocenters. The van der Waals surface area contributed by atoms with Crippen molar-refractivity contribution in [2.45, 2.75) is 6.92 Å². The first kappa shape index (κ1) is 19.6. The summed E-state index contributed by atoms with van der Waals surface area (Å²) in [6.45, 7) is 6.19. The molecular formula is C22H22BrClN6. The standard InChI is InChI=1S/C22H22BrClN6/c1-14-4-3-5-17(24)20(14)26-22-19-12-25-13-30(19)18-11-15(10-16(23)21(18)27-22)29-8-6-28(2)7-9-29/h3-5,10-13H,6-9H2,1-2H3,(H,26,27). The Balaban J connectivity index is 1.63. The maximum absolute atomic E-state index is 6.44. The van der Waals surface area contributed by atoms with Crippen molar-refractivity contribution in [2.24, 2.45) is 0 Å². The quantitative estimate of drug-likeness (QED) is 0.437. The number of aromatic nitrogens is 3. The molecule has 1 aliphatic heterocycles. The van der Waals surface area contributed by atoms with Crippen LogP contribution >= 0.6 is 27.5 Å². The molecule has 0 amide bonds. The van der Waals surface area contributed by atoms with Gasteiger partial charge in [0.15, 0.2) is 5.82 Å². The van der Waals surface area contributed by atoms with Crippen molar-refractivity contribution in [1.82, 2.24) is 19.3 Å². The van der Waals surface area contributed by atoms with Crippen LogP contribution in [-0.2, 0) is 0 Å². The fourth-order valence-corrected chi connectivity index (χ4v) is 4.74. The van der Waals surface area contributed by atoms with E-state index in [1.165, 1.54) is 5.69 Å². The van der Waals surface area contributed by atoms with Crippen molar-refractivity contribution < 1.29 is 0 Å². The summed E-state index contributed by atoms with van der Waals surface area (Å²) in [6.07, 6.45) is 3.67. The minimum Gasteiger partial charge on any atom is -0.369 e.